The molecule has 0 bridgehead atoms. The van der Waals surface area contributed by atoms with Crippen molar-refractivity contribution in [3.05, 3.63) is 12.1 Å². The second kappa shape index (κ2) is 3.32. The van der Waals surface area contributed by atoms with E-state index in [2.05, 4.69) is 4.74 Å². The van der Waals surface area contributed by atoms with Crippen molar-refractivity contribution in [3.63, 3.8) is 0 Å². The van der Waals surface area contributed by atoms with Crippen LogP contribution in [0.15, 0.2) is 12.1 Å². The van der Waals surface area contributed by atoms with Crippen LogP contribution in [-0.2, 0) is 14.3 Å². The van der Waals surface area contributed by atoms with Gasteiger partial charge in [0.2, 0.25) is 0 Å². The van der Waals surface area contributed by atoms with Gasteiger partial charge in [-0.05, 0) is 26.2 Å². The van der Waals surface area contributed by atoms with Gasteiger partial charge in [0.1, 0.15) is 5.41 Å². The number of rotatable bonds is 2. The first-order valence-electron chi connectivity index (χ1n) is 4.84. The van der Waals surface area contributed by atoms with Crippen LogP contribution < -0.4 is 0 Å². The fraction of sp³-hybridized carbons (Fsp3) is 0.600. The van der Waals surface area contributed by atoms with Gasteiger partial charge >= 0.3 is 5.97 Å². The molecule has 0 aromatic rings. The molecule has 1 rings (SSSR count). The number of esters is 1. The molecule has 3 nitrogen and oxygen atoms in total. The quantitative estimate of drug-likeness (QED) is 0.370. The fourth-order valence-electron chi connectivity index (χ4n) is 1.87. The number of ether oxygens (including phenoxy) is 1. The maximum Gasteiger partial charge on any atom is 0.323 e. The van der Waals surface area contributed by atoms with E-state index in [4.69, 9.17) is 1.37 Å². The standard InChI is InChI=1S/C10H14O3/c1-7-5-4-6-10(7,8(2)11)9(12)13-3/h1,4-6H2,2-3H3/i1D. The summed E-state index contributed by atoms with van der Waals surface area (Å²) in [5.74, 6) is -0.749. The molecule has 3 heteroatoms. The highest BCUT2D eigenvalue weighted by Crippen LogP contribution is 2.43. The Morgan fingerprint density at radius 2 is 2.38 bits per heavy atom. The minimum Gasteiger partial charge on any atom is -0.468 e. The zero-order valence-electron chi connectivity index (χ0n) is 8.92. The largest absolute Gasteiger partial charge is 0.468 e. The Labute approximate surface area is 79.2 Å². The highest BCUT2D eigenvalue weighted by Gasteiger charge is 2.49. The smallest absolute Gasteiger partial charge is 0.323 e. The molecule has 0 saturated heterocycles. The molecule has 0 amide bonds. The van der Waals surface area contributed by atoms with Gasteiger partial charge < -0.3 is 4.74 Å². The van der Waals surface area contributed by atoms with E-state index in [1.807, 2.05) is 0 Å². The van der Waals surface area contributed by atoms with Gasteiger partial charge in [0.15, 0.2) is 5.78 Å². The molecule has 1 aliphatic rings. The predicted octanol–water partition coefficient (Wildman–Crippen LogP) is 1.47. The zero-order valence-corrected chi connectivity index (χ0v) is 7.92. The molecule has 72 valence electrons. The summed E-state index contributed by atoms with van der Waals surface area (Å²) in [7, 11) is 1.27. The molecular formula is C10H14O3. The average Bonchev–Trinajstić information content (AvgIpc) is 2.60. The molecule has 1 fully saturated rings. The van der Waals surface area contributed by atoms with Gasteiger partial charge in [-0.2, -0.15) is 0 Å². The lowest BCUT2D eigenvalue weighted by Gasteiger charge is -2.23. The first-order chi connectivity index (χ1) is 6.59. The second-order valence-corrected chi connectivity index (χ2v) is 3.33. The first-order valence-corrected chi connectivity index (χ1v) is 4.27. The zero-order chi connectivity index (χ0) is 10.8. The lowest BCUT2D eigenvalue weighted by molar-refractivity contribution is -0.154. The summed E-state index contributed by atoms with van der Waals surface area (Å²) in [6.07, 6.45) is 1.87. The second-order valence-electron chi connectivity index (χ2n) is 3.33. The van der Waals surface area contributed by atoms with Crippen molar-refractivity contribution >= 4 is 11.8 Å². The number of ketones is 1. The molecule has 1 unspecified atom stereocenters. The Kier molecular flexibility index (Phi) is 2.17. The minimum atomic E-state index is -1.16. The Morgan fingerprint density at radius 3 is 2.85 bits per heavy atom. The molecule has 1 atom stereocenters. The third kappa shape index (κ3) is 1.28. The van der Waals surface area contributed by atoms with E-state index in [0.29, 0.717) is 18.4 Å². The summed E-state index contributed by atoms with van der Waals surface area (Å²) in [5.41, 5.74) is -0.576. The molecule has 0 aromatic heterocycles. The van der Waals surface area contributed by atoms with Gasteiger partial charge in [0, 0.05) is 0 Å². The fourth-order valence-corrected chi connectivity index (χ4v) is 1.87. The highest BCUT2D eigenvalue weighted by molar-refractivity contribution is 6.06. The molecule has 0 heterocycles. The van der Waals surface area contributed by atoms with Gasteiger partial charge in [0.25, 0.3) is 0 Å². The van der Waals surface area contributed by atoms with Crippen molar-refractivity contribution in [2.45, 2.75) is 26.2 Å². The third-order valence-corrected chi connectivity index (χ3v) is 2.68. The SMILES string of the molecule is [2H]C=C1CCCC1(C(C)=O)C(=O)OC. The van der Waals surface area contributed by atoms with Gasteiger partial charge in [-0.25, -0.2) is 0 Å². The third-order valence-electron chi connectivity index (χ3n) is 2.68. The molecule has 1 aliphatic carbocycles. The number of carbonyl (C=O) groups excluding carboxylic acids is 2. The predicted molar refractivity (Wildman–Crippen MR) is 48.1 cm³/mol. The van der Waals surface area contributed by atoms with E-state index in [1.54, 1.807) is 0 Å². The maximum atomic E-state index is 11.6. The van der Waals surface area contributed by atoms with Crippen molar-refractivity contribution in [2.75, 3.05) is 7.11 Å². The van der Waals surface area contributed by atoms with E-state index >= 15 is 0 Å². The first kappa shape index (κ1) is 8.48. The van der Waals surface area contributed by atoms with E-state index in [1.165, 1.54) is 14.0 Å². The van der Waals surface area contributed by atoms with Crippen LogP contribution in [0.25, 0.3) is 0 Å². The van der Waals surface area contributed by atoms with Crippen LogP contribution in [0.2, 0.25) is 0 Å². The average molecular weight is 183 g/mol. The summed E-state index contributed by atoms with van der Waals surface area (Å²) < 4.78 is 11.8. The van der Waals surface area contributed by atoms with Crippen LogP contribution in [0, 0.1) is 5.41 Å². The van der Waals surface area contributed by atoms with E-state index in [-0.39, 0.29) is 5.78 Å². The van der Waals surface area contributed by atoms with E-state index < -0.39 is 11.4 Å². The Bertz CT molecular complexity index is 296. The van der Waals surface area contributed by atoms with Gasteiger partial charge in [0.05, 0.1) is 8.48 Å². The van der Waals surface area contributed by atoms with Gasteiger partial charge in [-0.1, -0.05) is 12.1 Å². The van der Waals surface area contributed by atoms with Gasteiger partial charge in [-0.3, -0.25) is 9.59 Å². The lowest BCUT2D eigenvalue weighted by Crippen LogP contribution is -2.37. The lowest BCUT2D eigenvalue weighted by atomic mass is 9.79. The summed E-state index contributed by atoms with van der Waals surface area (Å²) in [4.78, 5) is 23.1. The Hall–Kier alpha value is -1.12. The van der Waals surface area contributed by atoms with Crippen molar-refractivity contribution in [2.24, 2.45) is 5.41 Å². The normalized spacial score (nSPS) is 31.5. The summed E-state index contributed by atoms with van der Waals surface area (Å²) in [6, 6.07) is 0. The van der Waals surface area contributed by atoms with Crippen LogP contribution in [0.4, 0.5) is 0 Å². The monoisotopic (exact) mass is 183 g/mol. The van der Waals surface area contributed by atoms with Gasteiger partial charge in [-0.15, -0.1) is 0 Å². The van der Waals surface area contributed by atoms with E-state index in [9.17, 15) is 9.59 Å². The number of carbonyl (C=O) groups is 2. The van der Waals surface area contributed by atoms with Crippen LogP contribution in [0.3, 0.4) is 0 Å². The molecule has 0 spiro atoms. The van der Waals surface area contributed by atoms with Crippen molar-refractivity contribution in [1.29, 1.82) is 0 Å². The van der Waals surface area contributed by atoms with Crippen LogP contribution in [0.1, 0.15) is 27.6 Å². The molecule has 1 saturated carbocycles. The number of hydrogen-bond acceptors (Lipinski definition) is 3. The Balaban J connectivity index is 3.16. The molecule has 0 N–H and O–H groups in total. The van der Waals surface area contributed by atoms with Crippen molar-refractivity contribution in [1.82, 2.24) is 0 Å². The molecular weight excluding hydrogens is 168 g/mol. The topological polar surface area (TPSA) is 43.4 Å². The molecule has 13 heavy (non-hydrogen) atoms. The number of Topliss-reactive ketones (excluding diaryl/α,β-unsaturated/α-hetero) is 1. The number of methoxy groups -OCH3 is 1. The summed E-state index contributed by atoms with van der Waals surface area (Å²) in [6.45, 7) is 2.50. The van der Waals surface area contributed by atoms with Crippen LogP contribution in [-0.4, -0.2) is 18.9 Å². The maximum absolute atomic E-state index is 11.6. The van der Waals surface area contributed by atoms with Crippen molar-refractivity contribution < 1.29 is 15.7 Å². The highest BCUT2D eigenvalue weighted by atomic mass is 16.5. The van der Waals surface area contributed by atoms with E-state index in [0.717, 1.165) is 13.0 Å². The summed E-state index contributed by atoms with van der Waals surface area (Å²) in [5, 5.41) is 0. The van der Waals surface area contributed by atoms with Crippen molar-refractivity contribution in [3.8, 4) is 0 Å². The molecule has 0 aromatic carbocycles. The Morgan fingerprint density at radius 1 is 1.69 bits per heavy atom. The minimum absolute atomic E-state index is 0.222. The van der Waals surface area contributed by atoms with Crippen LogP contribution >= 0.6 is 0 Å². The molecule has 0 aliphatic heterocycles. The summed E-state index contributed by atoms with van der Waals surface area (Å²) >= 11 is 0. The number of hydrogen-bond donors (Lipinski definition) is 0. The molecule has 0 radical (unpaired) electrons. The van der Waals surface area contributed by atoms with Crippen LogP contribution in [0.5, 0.6) is 0 Å².